The third-order valence-electron chi connectivity index (χ3n) is 3.67. The predicted octanol–water partition coefficient (Wildman–Crippen LogP) is 2.83. The maximum atomic E-state index is 11.9. The molecule has 0 aliphatic rings. The van der Waals surface area contributed by atoms with Crippen molar-refractivity contribution >= 4 is 5.91 Å². The zero-order valence-electron chi connectivity index (χ0n) is 15.2. The first kappa shape index (κ1) is 19.3. The van der Waals surface area contributed by atoms with Gasteiger partial charge in [-0.3, -0.25) is 4.79 Å². The van der Waals surface area contributed by atoms with Crippen molar-refractivity contribution in [2.24, 2.45) is 0 Å². The van der Waals surface area contributed by atoms with Crippen molar-refractivity contribution in [3.63, 3.8) is 0 Å². The van der Waals surface area contributed by atoms with E-state index in [1.165, 1.54) is 4.90 Å². The van der Waals surface area contributed by atoms with Gasteiger partial charge in [0.05, 0.1) is 6.61 Å². The van der Waals surface area contributed by atoms with E-state index >= 15 is 0 Å². The van der Waals surface area contributed by atoms with Gasteiger partial charge in [0.15, 0.2) is 17.6 Å². The molecule has 0 saturated heterocycles. The minimum Gasteiger partial charge on any atom is -0.490 e. The van der Waals surface area contributed by atoms with Gasteiger partial charge in [-0.2, -0.15) is 0 Å². The van der Waals surface area contributed by atoms with Gasteiger partial charge in [-0.05, 0) is 44.9 Å². The third kappa shape index (κ3) is 6.10. The van der Waals surface area contributed by atoms with E-state index in [2.05, 4.69) is 19.2 Å². The maximum absolute atomic E-state index is 11.9. The minimum absolute atomic E-state index is 0.0741. The number of carbonyl (C=O) groups excluding carboxylic acids is 1. The van der Waals surface area contributed by atoms with Crippen LogP contribution in [-0.2, 0) is 11.3 Å². The molecular formula is C18H30N2O3. The summed E-state index contributed by atoms with van der Waals surface area (Å²) in [4.78, 5) is 13.5. The Bertz CT molecular complexity index is 503. The monoisotopic (exact) mass is 322 g/mol. The first-order valence-corrected chi connectivity index (χ1v) is 8.25. The quantitative estimate of drug-likeness (QED) is 0.759. The standard InChI is InChI=1S/C18H30N2O3/c1-7-13(3)19-12-15-9-10-16(17(11-15)22-8-2)23-14(4)18(21)20(5)6/h9-11,13-14,19H,7-8,12H2,1-6H3. The molecule has 0 fully saturated rings. The third-order valence-corrected chi connectivity index (χ3v) is 3.67. The van der Waals surface area contributed by atoms with E-state index in [1.807, 2.05) is 25.1 Å². The normalized spacial score (nSPS) is 13.3. The van der Waals surface area contributed by atoms with Crippen LogP contribution in [0, 0.1) is 0 Å². The molecule has 1 aromatic carbocycles. The molecule has 0 aliphatic carbocycles. The second-order valence-corrected chi connectivity index (χ2v) is 5.90. The molecule has 0 saturated carbocycles. The molecule has 5 heteroatoms. The molecule has 0 aliphatic heterocycles. The average Bonchev–Trinajstić information content (AvgIpc) is 2.53. The number of nitrogens with one attached hydrogen (secondary N) is 1. The van der Waals surface area contributed by atoms with Crippen molar-refractivity contribution in [3.05, 3.63) is 23.8 Å². The molecule has 1 aromatic rings. The Morgan fingerprint density at radius 3 is 2.48 bits per heavy atom. The topological polar surface area (TPSA) is 50.8 Å². The van der Waals surface area contributed by atoms with Gasteiger partial charge in [0.25, 0.3) is 5.91 Å². The van der Waals surface area contributed by atoms with Crippen molar-refractivity contribution in [2.75, 3.05) is 20.7 Å². The summed E-state index contributed by atoms with van der Waals surface area (Å²) in [7, 11) is 3.44. The number of benzene rings is 1. The van der Waals surface area contributed by atoms with E-state index in [9.17, 15) is 4.79 Å². The molecule has 130 valence electrons. The molecule has 1 rings (SSSR count). The van der Waals surface area contributed by atoms with E-state index in [1.54, 1.807) is 21.0 Å². The SMILES string of the molecule is CCOc1cc(CNC(C)CC)ccc1OC(C)C(=O)N(C)C. The molecule has 1 amide bonds. The van der Waals surface area contributed by atoms with Crippen molar-refractivity contribution in [3.8, 4) is 11.5 Å². The molecule has 0 spiro atoms. The fourth-order valence-electron chi connectivity index (χ4n) is 2.07. The van der Waals surface area contributed by atoms with Crippen LogP contribution in [0.1, 0.15) is 39.7 Å². The van der Waals surface area contributed by atoms with E-state index in [0.29, 0.717) is 24.1 Å². The number of likely N-dealkylation sites (N-methyl/N-ethyl adjacent to an activating group) is 1. The zero-order chi connectivity index (χ0) is 17.4. The first-order chi connectivity index (χ1) is 10.9. The van der Waals surface area contributed by atoms with E-state index in [4.69, 9.17) is 9.47 Å². The van der Waals surface area contributed by atoms with Crippen molar-refractivity contribution in [1.29, 1.82) is 0 Å². The summed E-state index contributed by atoms with van der Waals surface area (Å²) >= 11 is 0. The Kier molecular flexibility index (Phi) is 7.89. The highest BCUT2D eigenvalue weighted by molar-refractivity contribution is 5.80. The largest absolute Gasteiger partial charge is 0.490 e. The van der Waals surface area contributed by atoms with Crippen LogP contribution in [0.25, 0.3) is 0 Å². The fourth-order valence-corrected chi connectivity index (χ4v) is 2.07. The molecule has 1 N–H and O–H groups in total. The first-order valence-electron chi connectivity index (χ1n) is 8.25. The highest BCUT2D eigenvalue weighted by atomic mass is 16.5. The van der Waals surface area contributed by atoms with Crippen LogP contribution in [0.2, 0.25) is 0 Å². The highest BCUT2D eigenvalue weighted by Gasteiger charge is 2.18. The lowest BCUT2D eigenvalue weighted by Crippen LogP contribution is -2.35. The lowest BCUT2D eigenvalue weighted by atomic mass is 10.1. The van der Waals surface area contributed by atoms with Gasteiger partial charge in [0.1, 0.15) is 0 Å². The average molecular weight is 322 g/mol. The summed E-state index contributed by atoms with van der Waals surface area (Å²) in [5.74, 6) is 1.20. The van der Waals surface area contributed by atoms with Gasteiger partial charge in [-0.1, -0.05) is 13.0 Å². The summed E-state index contributed by atoms with van der Waals surface area (Å²) in [5, 5.41) is 3.45. The Morgan fingerprint density at radius 1 is 1.22 bits per heavy atom. The summed E-state index contributed by atoms with van der Waals surface area (Å²) in [6.07, 6.45) is 0.539. The van der Waals surface area contributed by atoms with Crippen LogP contribution < -0.4 is 14.8 Å². The summed E-state index contributed by atoms with van der Waals surface area (Å²) in [6, 6.07) is 6.32. The van der Waals surface area contributed by atoms with Crippen LogP contribution in [0.5, 0.6) is 11.5 Å². The Hall–Kier alpha value is -1.75. The molecule has 0 aromatic heterocycles. The van der Waals surface area contributed by atoms with Gasteiger partial charge in [-0.25, -0.2) is 0 Å². The number of amides is 1. The van der Waals surface area contributed by atoms with Crippen molar-refractivity contribution < 1.29 is 14.3 Å². The number of nitrogens with zero attached hydrogens (tertiary/aromatic N) is 1. The summed E-state index contributed by atoms with van der Waals surface area (Å²) in [5.41, 5.74) is 1.13. The van der Waals surface area contributed by atoms with Crippen LogP contribution in [-0.4, -0.2) is 43.7 Å². The van der Waals surface area contributed by atoms with E-state index < -0.39 is 6.10 Å². The fraction of sp³-hybridized carbons (Fsp3) is 0.611. The number of rotatable bonds is 9. The molecule has 0 radical (unpaired) electrons. The minimum atomic E-state index is -0.548. The molecule has 5 nitrogen and oxygen atoms in total. The number of ether oxygens (including phenoxy) is 2. The lowest BCUT2D eigenvalue weighted by molar-refractivity contribution is -0.135. The Balaban J connectivity index is 2.85. The molecule has 23 heavy (non-hydrogen) atoms. The molecular weight excluding hydrogens is 292 g/mol. The number of hydrogen-bond donors (Lipinski definition) is 1. The van der Waals surface area contributed by atoms with Crippen LogP contribution in [0.15, 0.2) is 18.2 Å². The Labute approximate surface area is 140 Å². The summed E-state index contributed by atoms with van der Waals surface area (Å²) in [6.45, 7) is 9.33. The van der Waals surface area contributed by atoms with Crippen molar-refractivity contribution in [2.45, 2.75) is 52.8 Å². The van der Waals surface area contributed by atoms with Gasteiger partial charge in [0, 0.05) is 26.7 Å². The van der Waals surface area contributed by atoms with Crippen LogP contribution in [0.3, 0.4) is 0 Å². The van der Waals surface area contributed by atoms with Crippen molar-refractivity contribution in [1.82, 2.24) is 10.2 Å². The Morgan fingerprint density at radius 2 is 1.91 bits per heavy atom. The van der Waals surface area contributed by atoms with Gasteiger partial charge < -0.3 is 19.7 Å². The smallest absolute Gasteiger partial charge is 0.262 e. The van der Waals surface area contributed by atoms with Crippen LogP contribution >= 0.6 is 0 Å². The molecule has 2 atom stereocenters. The zero-order valence-corrected chi connectivity index (χ0v) is 15.2. The molecule has 0 heterocycles. The predicted molar refractivity (Wildman–Crippen MR) is 93.0 cm³/mol. The second-order valence-electron chi connectivity index (χ2n) is 5.90. The molecule has 0 bridgehead atoms. The number of hydrogen-bond acceptors (Lipinski definition) is 4. The van der Waals surface area contributed by atoms with E-state index in [0.717, 1.165) is 18.5 Å². The van der Waals surface area contributed by atoms with E-state index in [-0.39, 0.29) is 5.91 Å². The second kappa shape index (κ2) is 9.40. The molecule has 2 unspecified atom stereocenters. The highest BCUT2D eigenvalue weighted by Crippen LogP contribution is 2.29. The lowest BCUT2D eigenvalue weighted by Gasteiger charge is -2.20. The van der Waals surface area contributed by atoms with Gasteiger partial charge in [0.2, 0.25) is 0 Å². The van der Waals surface area contributed by atoms with Gasteiger partial charge in [-0.15, -0.1) is 0 Å². The number of carbonyl (C=O) groups is 1. The summed E-state index contributed by atoms with van der Waals surface area (Å²) < 4.78 is 11.5. The van der Waals surface area contributed by atoms with Crippen LogP contribution in [0.4, 0.5) is 0 Å². The van der Waals surface area contributed by atoms with Gasteiger partial charge >= 0.3 is 0 Å². The maximum Gasteiger partial charge on any atom is 0.262 e.